The molecule has 4 rings (SSSR count). The number of morpholine rings is 1. The molecule has 1 aliphatic rings. The minimum atomic E-state index is -0.596. The van der Waals surface area contributed by atoms with Crippen molar-refractivity contribution in [1.82, 2.24) is 9.47 Å². The van der Waals surface area contributed by atoms with Crippen LogP contribution < -0.4 is 0 Å². The molecular formula is C24H24BrFN2O5S. The second kappa shape index (κ2) is 10.4. The zero-order valence-corrected chi connectivity index (χ0v) is 21.2. The van der Waals surface area contributed by atoms with Gasteiger partial charge in [0.25, 0.3) is 0 Å². The van der Waals surface area contributed by atoms with Crippen LogP contribution >= 0.6 is 15.9 Å². The summed E-state index contributed by atoms with van der Waals surface area (Å²) in [6.07, 6.45) is 0. The summed E-state index contributed by atoms with van der Waals surface area (Å²) < 4.78 is 39.0. The van der Waals surface area contributed by atoms with Crippen molar-refractivity contribution in [2.24, 2.45) is 7.05 Å². The zero-order valence-electron chi connectivity index (χ0n) is 18.8. The molecule has 2 heterocycles. The lowest BCUT2D eigenvalue weighted by atomic mass is 10.00. The molecule has 0 aliphatic carbocycles. The van der Waals surface area contributed by atoms with Gasteiger partial charge in [-0.25, -0.2) is 13.4 Å². The lowest BCUT2D eigenvalue weighted by Gasteiger charge is -2.27. The third-order valence-electron chi connectivity index (χ3n) is 5.89. The van der Waals surface area contributed by atoms with Crippen LogP contribution in [0, 0.1) is 5.82 Å². The van der Waals surface area contributed by atoms with Gasteiger partial charge >= 0.3 is 5.97 Å². The maximum atomic E-state index is 13.6. The predicted molar refractivity (Wildman–Crippen MR) is 132 cm³/mol. The Morgan fingerprint density at radius 1 is 1.26 bits per heavy atom. The summed E-state index contributed by atoms with van der Waals surface area (Å²) in [5.74, 6) is -0.996. The van der Waals surface area contributed by atoms with Crippen molar-refractivity contribution in [2.45, 2.75) is 13.5 Å². The summed E-state index contributed by atoms with van der Waals surface area (Å²) in [6.45, 7) is 4.77. The molecule has 1 aliphatic heterocycles. The van der Waals surface area contributed by atoms with Crippen LogP contribution in [-0.2, 0) is 34.3 Å². The van der Waals surface area contributed by atoms with E-state index in [9.17, 15) is 18.5 Å². The van der Waals surface area contributed by atoms with Crippen LogP contribution in [0.1, 0.15) is 34.1 Å². The summed E-state index contributed by atoms with van der Waals surface area (Å²) in [4.78, 5) is 15.7. The van der Waals surface area contributed by atoms with Crippen molar-refractivity contribution in [1.29, 1.82) is 0 Å². The Balaban J connectivity index is 2.02. The van der Waals surface area contributed by atoms with Crippen LogP contribution in [0.4, 0.5) is 4.39 Å². The van der Waals surface area contributed by atoms with Gasteiger partial charge in [0, 0.05) is 37.6 Å². The second-order valence-electron chi connectivity index (χ2n) is 7.89. The van der Waals surface area contributed by atoms with E-state index < -0.39 is 11.8 Å². The SMILES string of the molecule is CCOC(=O)c1c(C(=S=O)c2ccc(F)cc2)n(C)c2cc(Br)c(O)c(CN3CCOCC3)c12. The number of benzene rings is 2. The van der Waals surface area contributed by atoms with Crippen molar-refractivity contribution in [3.05, 3.63) is 63.0 Å². The number of aryl methyl sites for hydroxylation is 1. The summed E-state index contributed by atoms with van der Waals surface area (Å²) in [6, 6.07) is 7.26. The smallest absolute Gasteiger partial charge is 0.341 e. The molecule has 1 saturated heterocycles. The van der Waals surface area contributed by atoms with Crippen LogP contribution in [0.5, 0.6) is 5.75 Å². The number of phenols is 1. The Bertz CT molecular complexity index is 1300. The Kier molecular flexibility index (Phi) is 7.51. The van der Waals surface area contributed by atoms with Gasteiger partial charge in [-0.1, -0.05) is 12.1 Å². The van der Waals surface area contributed by atoms with Crippen LogP contribution in [0.15, 0.2) is 34.8 Å². The zero-order chi connectivity index (χ0) is 24.4. The fourth-order valence-electron chi connectivity index (χ4n) is 4.26. The van der Waals surface area contributed by atoms with Crippen LogP contribution in [0.25, 0.3) is 10.9 Å². The van der Waals surface area contributed by atoms with Crippen molar-refractivity contribution < 1.29 is 28.0 Å². The van der Waals surface area contributed by atoms with Crippen molar-refractivity contribution >= 4 is 48.9 Å². The quantitative estimate of drug-likeness (QED) is 0.287. The lowest BCUT2D eigenvalue weighted by Crippen LogP contribution is -2.35. The Hall–Kier alpha value is -2.53. The molecule has 0 amide bonds. The van der Waals surface area contributed by atoms with Crippen LogP contribution in [0.2, 0.25) is 0 Å². The number of hydrogen-bond acceptors (Lipinski definition) is 6. The first-order chi connectivity index (χ1) is 16.4. The molecule has 0 atom stereocenters. The maximum absolute atomic E-state index is 13.6. The number of esters is 1. The highest BCUT2D eigenvalue weighted by atomic mass is 79.9. The molecule has 1 aromatic heterocycles. The van der Waals surface area contributed by atoms with Gasteiger partial charge in [0.15, 0.2) is 0 Å². The molecule has 0 unspecified atom stereocenters. The summed E-state index contributed by atoms with van der Waals surface area (Å²) in [5.41, 5.74) is 2.26. The van der Waals surface area contributed by atoms with E-state index in [0.29, 0.717) is 65.0 Å². The highest BCUT2D eigenvalue weighted by Crippen LogP contribution is 2.40. The summed E-state index contributed by atoms with van der Waals surface area (Å²) in [7, 11) is 1.75. The molecule has 0 bridgehead atoms. The van der Waals surface area contributed by atoms with Crippen LogP contribution in [0.3, 0.4) is 0 Å². The average Bonchev–Trinajstić information content (AvgIpc) is 3.11. The van der Waals surface area contributed by atoms with Gasteiger partial charge in [0.2, 0.25) is 0 Å². The fourth-order valence-corrected chi connectivity index (χ4v) is 5.26. The van der Waals surface area contributed by atoms with Gasteiger partial charge in [0.1, 0.15) is 11.6 Å². The standard InChI is InChI=1S/C24H24BrFN2O5S/c1-3-33-24(30)20-19-16(13-28-8-10-32-11-9-28)22(29)17(25)12-18(19)27(2)21(20)23(34-31)14-4-6-15(26)7-5-14/h4-7,12,29H,3,8-11,13H2,1-2H3. The van der Waals surface area contributed by atoms with E-state index >= 15 is 0 Å². The van der Waals surface area contributed by atoms with E-state index in [-0.39, 0.29) is 34.0 Å². The van der Waals surface area contributed by atoms with Gasteiger partial charge in [-0.2, -0.15) is 0 Å². The number of phenolic OH excluding ortho intramolecular Hbond substituents is 1. The van der Waals surface area contributed by atoms with Gasteiger partial charge < -0.3 is 19.1 Å². The Morgan fingerprint density at radius 2 is 1.94 bits per heavy atom. The third kappa shape index (κ3) is 4.55. The minimum absolute atomic E-state index is 0.0276. The van der Waals surface area contributed by atoms with Crippen molar-refractivity contribution in [2.75, 3.05) is 32.9 Å². The van der Waals surface area contributed by atoms with Gasteiger partial charge in [0.05, 0.1) is 57.2 Å². The molecule has 1 N–H and O–H groups in total. The number of aromatic hydroxyl groups is 1. The first-order valence-corrected chi connectivity index (χ1v) is 12.3. The maximum Gasteiger partial charge on any atom is 0.341 e. The number of carbonyl (C=O) groups is 1. The number of aromatic nitrogens is 1. The van der Waals surface area contributed by atoms with Crippen molar-refractivity contribution in [3.63, 3.8) is 0 Å². The number of hydrogen-bond donors (Lipinski definition) is 1. The van der Waals surface area contributed by atoms with Crippen molar-refractivity contribution in [3.8, 4) is 5.75 Å². The number of carbonyl (C=O) groups excluding carboxylic acids is 1. The highest BCUT2D eigenvalue weighted by Gasteiger charge is 2.30. The van der Waals surface area contributed by atoms with E-state index in [1.165, 1.54) is 24.3 Å². The summed E-state index contributed by atoms with van der Waals surface area (Å²) in [5, 5.41) is 11.5. The fraction of sp³-hybridized carbons (Fsp3) is 0.333. The Morgan fingerprint density at radius 3 is 2.56 bits per heavy atom. The average molecular weight is 551 g/mol. The Labute approximate surface area is 208 Å². The van der Waals surface area contributed by atoms with E-state index in [2.05, 4.69) is 20.8 Å². The molecular weight excluding hydrogens is 527 g/mol. The topological polar surface area (TPSA) is 81.0 Å². The number of nitrogens with zero attached hydrogens (tertiary/aromatic N) is 2. The number of halogens is 2. The molecule has 0 radical (unpaired) electrons. The molecule has 0 spiro atoms. The lowest BCUT2D eigenvalue weighted by molar-refractivity contribution is 0.0340. The first-order valence-electron chi connectivity index (χ1n) is 10.8. The minimum Gasteiger partial charge on any atom is -0.506 e. The van der Waals surface area contributed by atoms with Gasteiger partial charge in [-0.3, -0.25) is 4.90 Å². The molecule has 7 nitrogen and oxygen atoms in total. The molecule has 3 aromatic rings. The molecule has 0 saturated carbocycles. The van der Waals surface area contributed by atoms with E-state index in [1.54, 1.807) is 24.6 Å². The van der Waals surface area contributed by atoms with E-state index in [1.807, 2.05) is 0 Å². The largest absolute Gasteiger partial charge is 0.506 e. The molecule has 180 valence electrons. The molecule has 10 heteroatoms. The number of rotatable bonds is 6. The molecule has 2 aromatic carbocycles. The van der Waals surface area contributed by atoms with E-state index in [4.69, 9.17) is 9.47 Å². The van der Waals surface area contributed by atoms with Crippen LogP contribution in [-0.4, -0.2) is 62.5 Å². The first kappa shape index (κ1) is 24.6. The normalized spacial score (nSPS) is 14.4. The number of fused-ring (bicyclic) bond motifs is 1. The number of ether oxygens (including phenoxy) is 2. The second-order valence-corrected chi connectivity index (χ2v) is 9.32. The monoisotopic (exact) mass is 550 g/mol. The highest BCUT2D eigenvalue weighted by molar-refractivity contribution is 9.10. The molecule has 34 heavy (non-hydrogen) atoms. The summed E-state index contributed by atoms with van der Waals surface area (Å²) >= 11 is 3.66. The third-order valence-corrected chi connectivity index (χ3v) is 7.09. The van der Waals surface area contributed by atoms with E-state index in [0.717, 1.165) is 0 Å². The van der Waals surface area contributed by atoms with Gasteiger partial charge in [-0.15, -0.1) is 0 Å². The molecule has 1 fully saturated rings. The predicted octanol–water partition coefficient (Wildman–Crippen LogP) is 3.58. The van der Waals surface area contributed by atoms with Gasteiger partial charge in [-0.05, 0) is 46.6 Å².